The van der Waals surface area contributed by atoms with E-state index >= 15 is 0 Å². The molecule has 0 bridgehead atoms. The molecule has 4 rings (SSSR count). The highest BCUT2D eigenvalue weighted by Gasteiger charge is 2.53. The lowest BCUT2D eigenvalue weighted by Crippen LogP contribution is -2.70. The highest BCUT2D eigenvalue weighted by atomic mass is 16.8. The van der Waals surface area contributed by atoms with E-state index in [0.717, 1.165) is 0 Å². The molecule has 15 atom stereocenters. The number of nitrogens with two attached hydrogens (primary N) is 4. The standard InChI is InChI=1S/C24H46N6O11/c1-29-16-18(35)20-12(3-11(27)21(40-20)37-8-24(28)4-9(26)2-10(32)5-24)38-22(16)41-23-19(36)17(34)15(13(7-31)39-23)30-14(33)6-25/h9-13,15-23,29,31-32,34-36H,2-8,25-28H2,1H3,(H,30,33)/t9-,10+,11?,12-,13?,15+,16?,17?,18?,19?,20?,21-,22?,23+,24?/m0/s1. The molecule has 9 unspecified atom stereocenters. The van der Waals surface area contributed by atoms with Crippen LogP contribution in [0, 0.1) is 0 Å². The molecule has 3 heterocycles. The quantitative estimate of drug-likeness (QED) is 0.118. The molecule has 1 saturated carbocycles. The first-order valence-corrected chi connectivity index (χ1v) is 13.9. The summed E-state index contributed by atoms with van der Waals surface area (Å²) in [7, 11) is 1.56. The number of hydrogen-bond donors (Lipinski definition) is 11. The van der Waals surface area contributed by atoms with Crippen LogP contribution in [0.15, 0.2) is 0 Å². The Labute approximate surface area is 237 Å². The molecular weight excluding hydrogens is 548 g/mol. The van der Waals surface area contributed by atoms with Crippen molar-refractivity contribution in [2.24, 2.45) is 22.9 Å². The van der Waals surface area contributed by atoms with E-state index in [1.165, 1.54) is 0 Å². The predicted octanol–water partition coefficient (Wildman–Crippen LogP) is -6.41. The molecule has 3 aliphatic heterocycles. The van der Waals surface area contributed by atoms with Crippen LogP contribution in [0.3, 0.4) is 0 Å². The van der Waals surface area contributed by atoms with E-state index < -0.39 is 97.8 Å². The van der Waals surface area contributed by atoms with Crippen LogP contribution in [0.4, 0.5) is 0 Å². The van der Waals surface area contributed by atoms with E-state index in [2.05, 4.69) is 10.6 Å². The second-order valence-electron chi connectivity index (χ2n) is 11.6. The Hall–Kier alpha value is -1.13. The average molecular weight is 595 g/mol. The fourth-order valence-electron chi connectivity index (χ4n) is 6.21. The second kappa shape index (κ2) is 13.7. The molecule has 0 aromatic rings. The Morgan fingerprint density at radius 2 is 1.71 bits per heavy atom. The molecule has 0 spiro atoms. The van der Waals surface area contributed by atoms with Crippen molar-refractivity contribution in [2.45, 2.75) is 117 Å². The Morgan fingerprint density at radius 3 is 2.34 bits per heavy atom. The Balaban J connectivity index is 1.39. The minimum absolute atomic E-state index is 0.0453. The molecule has 4 fully saturated rings. The predicted molar refractivity (Wildman–Crippen MR) is 139 cm³/mol. The number of aliphatic hydroxyl groups excluding tert-OH is 5. The molecule has 0 aromatic carbocycles. The van der Waals surface area contributed by atoms with Crippen molar-refractivity contribution in [3.05, 3.63) is 0 Å². The van der Waals surface area contributed by atoms with Crippen molar-refractivity contribution in [2.75, 3.05) is 26.8 Å². The summed E-state index contributed by atoms with van der Waals surface area (Å²) in [4.78, 5) is 11.8. The maximum absolute atomic E-state index is 11.8. The maximum Gasteiger partial charge on any atom is 0.234 e. The monoisotopic (exact) mass is 594 g/mol. The Bertz CT molecular complexity index is 864. The zero-order chi connectivity index (χ0) is 30.1. The minimum atomic E-state index is -1.64. The SMILES string of the molecule is CNC1C(O[C@H]2OC(CO)[C@@H](NC(=O)CN)C(O)C2O)O[C@H]2CC(N)[C@@H](OCC3(N)C[C@@H](N)C[C@@H](O)C3)OC2C1O. The van der Waals surface area contributed by atoms with Gasteiger partial charge >= 0.3 is 0 Å². The van der Waals surface area contributed by atoms with Gasteiger partial charge in [-0.25, -0.2) is 0 Å². The van der Waals surface area contributed by atoms with Gasteiger partial charge in [0.2, 0.25) is 5.91 Å². The van der Waals surface area contributed by atoms with Gasteiger partial charge in [-0.05, 0) is 32.7 Å². The van der Waals surface area contributed by atoms with E-state index in [4.69, 9.17) is 46.6 Å². The smallest absolute Gasteiger partial charge is 0.234 e. The molecular formula is C24H46N6O11. The first-order chi connectivity index (χ1) is 19.4. The molecule has 238 valence electrons. The van der Waals surface area contributed by atoms with Gasteiger partial charge in [0.15, 0.2) is 18.9 Å². The van der Waals surface area contributed by atoms with Gasteiger partial charge in [-0.15, -0.1) is 0 Å². The van der Waals surface area contributed by atoms with Crippen LogP contribution in [0.2, 0.25) is 0 Å². The highest BCUT2D eigenvalue weighted by Crippen LogP contribution is 2.35. The minimum Gasteiger partial charge on any atom is -0.394 e. The molecule has 1 aliphatic carbocycles. The molecule has 15 N–H and O–H groups in total. The van der Waals surface area contributed by atoms with Gasteiger partial charge in [0.05, 0.1) is 50.1 Å². The van der Waals surface area contributed by atoms with Gasteiger partial charge in [0.1, 0.15) is 30.5 Å². The molecule has 3 saturated heterocycles. The van der Waals surface area contributed by atoms with Crippen LogP contribution in [-0.4, -0.2) is 150 Å². The van der Waals surface area contributed by atoms with Gasteiger partial charge in [0.25, 0.3) is 0 Å². The fraction of sp³-hybridized carbons (Fsp3) is 0.958. The third kappa shape index (κ3) is 7.34. The number of amides is 1. The van der Waals surface area contributed by atoms with Crippen LogP contribution in [0.1, 0.15) is 25.7 Å². The lowest BCUT2D eigenvalue weighted by Gasteiger charge is -2.51. The number of carbonyl (C=O) groups is 1. The van der Waals surface area contributed by atoms with E-state index in [-0.39, 0.29) is 25.6 Å². The topological polar surface area (TPSA) is 293 Å². The number of likely N-dealkylation sites (N-methyl/N-ethyl adjacent to an activating group) is 1. The molecule has 17 heteroatoms. The number of ether oxygens (including phenoxy) is 5. The number of fused-ring (bicyclic) bond motifs is 1. The summed E-state index contributed by atoms with van der Waals surface area (Å²) in [5.41, 5.74) is 23.3. The fourth-order valence-corrected chi connectivity index (χ4v) is 6.21. The van der Waals surface area contributed by atoms with Gasteiger partial charge in [-0.2, -0.15) is 0 Å². The van der Waals surface area contributed by atoms with Gasteiger partial charge in [-0.1, -0.05) is 0 Å². The van der Waals surface area contributed by atoms with Crippen LogP contribution in [-0.2, 0) is 28.5 Å². The van der Waals surface area contributed by atoms with Crippen molar-refractivity contribution in [3.63, 3.8) is 0 Å². The number of nitrogens with one attached hydrogen (secondary N) is 2. The lowest BCUT2D eigenvalue weighted by atomic mass is 9.79. The molecule has 4 aliphatic rings. The first kappa shape index (κ1) is 32.8. The third-order valence-electron chi connectivity index (χ3n) is 8.24. The van der Waals surface area contributed by atoms with Crippen molar-refractivity contribution in [3.8, 4) is 0 Å². The Kier molecular flexibility index (Phi) is 10.9. The zero-order valence-corrected chi connectivity index (χ0v) is 23.0. The van der Waals surface area contributed by atoms with Crippen LogP contribution < -0.4 is 33.6 Å². The van der Waals surface area contributed by atoms with Crippen LogP contribution in [0.25, 0.3) is 0 Å². The maximum atomic E-state index is 11.8. The van der Waals surface area contributed by atoms with Crippen molar-refractivity contribution < 1.29 is 54.0 Å². The van der Waals surface area contributed by atoms with E-state index in [1.807, 2.05) is 0 Å². The number of hydrogen-bond acceptors (Lipinski definition) is 16. The van der Waals surface area contributed by atoms with Crippen LogP contribution >= 0.6 is 0 Å². The summed E-state index contributed by atoms with van der Waals surface area (Å²) >= 11 is 0. The van der Waals surface area contributed by atoms with Crippen molar-refractivity contribution in [1.82, 2.24) is 10.6 Å². The Morgan fingerprint density at radius 1 is 0.976 bits per heavy atom. The molecule has 1 amide bonds. The second-order valence-corrected chi connectivity index (χ2v) is 11.6. The highest BCUT2D eigenvalue weighted by molar-refractivity contribution is 5.78. The molecule has 0 aromatic heterocycles. The molecule has 0 radical (unpaired) electrons. The molecule has 17 nitrogen and oxygen atoms in total. The summed E-state index contributed by atoms with van der Waals surface area (Å²) in [5.74, 6) is -0.611. The summed E-state index contributed by atoms with van der Waals surface area (Å²) in [6.07, 6.45) is -9.87. The van der Waals surface area contributed by atoms with E-state index in [0.29, 0.717) is 19.3 Å². The largest absolute Gasteiger partial charge is 0.394 e. The third-order valence-corrected chi connectivity index (χ3v) is 8.24. The van der Waals surface area contributed by atoms with Crippen molar-refractivity contribution >= 4 is 5.91 Å². The molecule has 41 heavy (non-hydrogen) atoms. The summed E-state index contributed by atoms with van der Waals surface area (Å²) < 4.78 is 29.6. The summed E-state index contributed by atoms with van der Waals surface area (Å²) in [6.45, 7) is -0.922. The van der Waals surface area contributed by atoms with Gasteiger partial charge in [-0.3, -0.25) is 4.79 Å². The number of aliphatic hydroxyl groups is 5. The number of carbonyl (C=O) groups excluding carboxylic acids is 1. The van der Waals surface area contributed by atoms with Crippen molar-refractivity contribution in [1.29, 1.82) is 0 Å². The zero-order valence-electron chi connectivity index (χ0n) is 23.0. The van der Waals surface area contributed by atoms with Gasteiger partial charge < -0.3 is 82.8 Å². The van der Waals surface area contributed by atoms with E-state index in [9.17, 15) is 30.3 Å². The first-order valence-electron chi connectivity index (χ1n) is 13.9. The van der Waals surface area contributed by atoms with Gasteiger partial charge in [0, 0.05) is 11.6 Å². The number of rotatable bonds is 9. The van der Waals surface area contributed by atoms with Crippen LogP contribution in [0.5, 0.6) is 0 Å². The lowest BCUT2D eigenvalue weighted by molar-refractivity contribution is -0.370. The van der Waals surface area contributed by atoms with E-state index in [1.54, 1.807) is 7.05 Å². The average Bonchev–Trinajstić information content (AvgIpc) is 2.91. The summed E-state index contributed by atoms with van der Waals surface area (Å²) in [5, 5.41) is 57.8. The summed E-state index contributed by atoms with van der Waals surface area (Å²) in [6, 6.07) is -2.94. The normalized spacial score (nSPS) is 48.8.